The molecule has 1 atom stereocenters. The van der Waals surface area contributed by atoms with Crippen LogP contribution >= 0.6 is 23.1 Å². The number of carbonyl (C=O) groups is 1. The second kappa shape index (κ2) is 3.82. The first-order valence-electron chi connectivity index (χ1n) is 4.07. The van der Waals surface area contributed by atoms with E-state index in [0.29, 0.717) is 18.3 Å². The predicted octanol–water partition coefficient (Wildman–Crippen LogP) is 2.44. The topological polar surface area (TPSA) is 26.3 Å². The summed E-state index contributed by atoms with van der Waals surface area (Å²) in [6.07, 6.45) is 0.613. The molecule has 0 saturated carbocycles. The average Bonchev–Trinajstić information content (AvgIpc) is 2.53. The molecule has 0 N–H and O–H groups in total. The molecule has 0 unspecified atom stereocenters. The molecule has 0 radical (unpaired) electrons. The third-order valence-electron chi connectivity index (χ3n) is 1.97. The number of fused-ring (bicyclic) bond motifs is 1. The lowest BCUT2D eigenvalue weighted by Gasteiger charge is -2.19. The van der Waals surface area contributed by atoms with Gasteiger partial charge in [0.1, 0.15) is 0 Å². The largest absolute Gasteiger partial charge is 0.384 e. The average molecular weight is 214 g/mol. The molecule has 1 aliphatic heterocycles. The fourth-order valence-electron chi connectivity index (χ4n) is 1.38. The van der Waals surface area contributed by atoms with Crippen LogP contribution in [0, 0.1) is 0 Å². The van der Waals surface area contributed by atoms with Crippen LogP contribution in [0.15, 0.2) is 15.7 Å². The Kier molecular flexibility index (Phi) is 2.71. The van der Waals surface area contributed by atoms with E-state index < -0.39 is 0 Å². The quantitative estimate of drug-likeness (QED) is 0.756. The Morgan fingerprint density at radius 1 is 1.69 bits per heavy atom. The maximum atomic E-state index is 11.6. The minimum absolute atomic E-state index is 0.261. The van der Waals surface area contributed by atoms with E-state index in [0.717, 1.165) is 9.77 Å². The summed E-state index contributed by atoms with van der Waals surface area (Å²) in [5, 5.41) is 2.29. The Labute approximate surface area is 85.3 Å². The predicted molar refractivity (Wildman–Crippen MR) is 54.8 cm³/mol. The molecule has 4 heteroatoms. The molecule has 0 aliphatic carbocycles. The van der Waals surface area contributed by atoms with Gasteiger partial charge in [0, 0.05) is 24.3 Å². The maximum Gasteiger partial charge on any atom is 0.166 e. The van der Waals surface area contributed by atoms with Crippen LogP contribution < -0.4 is 0 Å². The van der Waals surface area contributed by atoms with E-state index >= 15 is 0 Å². The molecule has 0 aromatic carbocycles. The number of thiophene rings is 1. The summed E-state index contributed by atoms with van der Waals surface area (Å²) in [5.41, 5.74) is 0.905. The number of hydrogen-bond acceptors (Lipinski definition) is 4. The molecule has 0 amide bonds. The zero-order valence-electron chi connectivity index (χ0n) is 7.28. The first kappa shape index (κ1) is 9.24. The van der Waals surface area contributed by atoms with Crippen LogP contribution in [0.4, 0.5) is 0 Å². The van der Waals surface area contributed by atoms with Crippen LogP contribution in [0.1, 0.15) is 16.8 Å². The molecule has 1 aromatic rings. The van der Waals surface area contributed by atoms with Crippen molar-refractivity contribution in [2.24, 2.45) is 0 Å². The van der Waals surface area contributed by atoms with Crippen molar-refractivity contribution in [1.82, 2.24) is 0 Å². The van der Waals surface area contributed by atoms with E-state index in [1.54, 1.807) is 30.2 Å². The lowest BCUT2D eigenvalue weighted by atomic mass is 10.1. The number of Topliss-reactive ketones (excluding diaryl/α,β-unsaturated/α-hetero) is 1. The van der Waals surface area contributed by atoms with Crippen molar-refractivity contribution in [3.05, 3.63) is 17.0 Å². The van der Waals surface area contributed by atoms with Gasteiger partial charge in [0.25, 0.3) is 0 Å². The molecule has 0 spiro atoms. The Hall–Kier alpha value is -0.320. The Bertz CT molecular complexity index is 319. The third kappa shape index (κ3) is 1.80. The van der Waals surface area contributed by atoms with Crippen LogP contribution in [0.3, 0.4) is 0 Å². The van der Waals surface area contributed by atoms with Gasteiger partial charge in [0.2, 0.25) is 0 Å². The van der Waals surface area contributed by atoms with Crippen LogP contribution in [-0.4, -0.2) is 24.7 Å². The SMILES string of the molecule is COC[C@H]1CC(=O)c2ccsc2S1. The van der Waals surface area contributed by atoms with Gasteiger partial charge in [-0.25, -0.2) is 0 Å². The molecule has 1 aliphatic rings. The molecule has 2 nitrogen and oxygen atoms in total. The van der Waals surface area contributed by atoms with Gasteiger partial charge < -0.3 is 4.74 Å². The Morgan fingerprint density at radius 2 is 2.54 bits per heavy atom. The van der Waals surface area contributed by atoms with Gasteiger partial charge in [-0.05, 0) is 11.4 Å². The second-order valence-corrected chi connectivity index (χ2v) is 5.43. The van der Waals surface area contributed by atoms with Gasteiger partial charge in [0.05, 0.1) is 10.8 Å². The number of hydrogen-bond donors (Lipinski definition) is 0. The van der Waals surface area contributed by atoms with E-state index in [2.05, 4.69) is 0 Å². The zero-order valence-corrected chi connectivity index (χ0v) is 8.91. The van der Waals surface area contributed by atoms with Crippen LogP contribution in [0.2, 0.25) is 0 Å². The number of ketones is 1. The Balaban J connectivity index is 2.19. The highest BCUT2D eigenvalue weighted by molar-refractivity contribution is 8.02. The van der Waals surface area contributed by atoms with Gasteiger partial charge in [-0.1, -0.05) is 0 Å². The summed E-state index contributed by atoms with van der Waals surface area (Å²) in [7, 11) is 1.68. The van der Waals surface area contributed by atoms with E-state index in [-0.39, 0.29) is 5.78 Å². The van der Waals surface area contributed by atoms with Crippen molar-refractivity contribution in [2.45, 2.75) is 15.9 Å². The van der Waals surface area contributed by atoms with Gasteiger partial charge in [-0.2, -0.15) is 0 Å². The molecule has 0 fully saturated rings. The van der Waals surface area contributed by atoms with E-state index in [1.165, 1.54) is 0 Å². The molecular weight excluding hydrogens is 204 g/mol. The molecule has 70 valence electrons. The molecular formula is C9H10O2S2. The molecule has 13 heavy (non-hydrogen) atoms. The summed E-state index contributed by atoms with van der Waals surface area (Å²) < 4.78 is 6.20. The molecule has 0 saturated heterocycles. The highest BCUT2D eigenvalue weighted by Gasteiger charge is 2.26. The fraction of sp³-hybridized carbons (Fsp3) is 0.444. The summed E-state index contributed by atoms with van der Waals surface area (Å²) in [5.74, 6) is 0.261. The normalized spacial score (nSPS) is 21.6. The van der Waals surface area contributed by atoms with Crippen LogP contribution in [0.5, 0.6) is 0 Å². The summed E-state index contributed by atoms with van der Waals surface area (Å²) in [6, 6.07) is 1.92. The lowest BCUT2D eigenvalue weighted by molar-refractivity contribution is 0.0962. The summed E-state index contributed by atoms with van der Waals surface area (Å²) in [4.78, 5) is 11.6. The first-order valence-corrected chi connectivity index (χ1v) is 5.83. The van der Waals surface area contributed by atoms with Crippen molar-refractivity contribution in [1.29, 1.82) is 0 Å². The standard InChI is InChI=1S/C9H10O2S2/c1-11-5-6-4-8(10)7-2-3-12-9(7)13-6/h2-3,6H,4-5H2,1H3/t6-/m1/s1. The van der Waals surface area contributed by atoms with Crippen molar-refractivity contribution in [3.8, 4) is 0 Å². The van der Waals surface area contributed by atoms with Gasteiger partial charge in [-0.3, -0.25) is 4.79 Å². The van der Waals surface area contributed by atoms with Gasteiger partial charge in [0.15, 0.2) is 5.78 Å². The molecule has 1 aromatic heterocycles. The maximum absolute atomic E-state index is 11.6. The summed E-state index contributed by atoms with van der Waals surface area (Å²) in [6.45, 7) is 0.660. The molecule has 2 rings (SSSR count). The van der Waals surface area contributed by atoms with Crippen LogP contribution in [-0.2, 0) is 4.74 Å². The van der Waals surface area contributed by atoms with E-state index in [1.807, 2.05) is 11.4 Å². The minimum atomic E-state index is 0.261. The van der Waals surface area contributed by atoms with E-state index in [4.69, 9.17) is 4.74 Å². The lowest BCUT2D eigenvalue weighted by Crippen LogP contribution is -2.20. The van der Waals surface area contributed by atoms with Crippen molar-refractivity contribution >= 4 is 28.9 Å². The monoisotopic (exact) mass is 214 g/mol. The molecule has 0 bridgehead atoms. The fourth-order valence-corrected chi connectivity index (χ4v) is 3.87. The highest BCUT2D eigenvalue weighted by atomic mass is 32.2. The number of thioether (sulfide) groups is 1. The number of rotatable bonds is 2. The minimum Gasteiger partial charge on any atom is -0.384 e. The molecule has 2 heterocycles. The number of ether oxygens (including phenoxy) is 1. The number of carbonyl (C=O) groups excluding carboxylic acids is 1. The first-order chi connectivity index (χ1) is 6.31. The van der Waals surface area contributed by atoms with Crippen molar-refractivity contribution in [2.75, 3.05) is 13.7 Å². The Morgan fingerprint density at radius 3 is 3.31 bits per heavy atom. The van der Waals surface area contributed by atoms with Crippen LogP contribution in [0.25, 0.3) is 0 Å². The van der Waals surface area contributed by atoms with Gasteiger partial charge >= 0.3 is 0 Å². The van der Waals surface area contributed by atoms with Crippen molar-refractivity contribution in [3.63, 3.8) is 0 Å². The van der Waals surface area contributed by atoms with E-state index in [9.17, 15) is 4.79 Å². The zero-order chi connectivity index (χ0) is 9.26. The van der Waals surface area contributed by atoms with Crippen molar-refractivity contribution < 1.29 is 9.53 Å². The van der Waals surface area contributed by atoms with Gasteiger partial charge in [-0.15, -0.1) is 23.1 Å². The highest BCUT2D eigenvalue weighted by Crippen LogP contribution is 2.38. The summed E-state index contributed by atoms with van der Waals surface area (Å²) >= 11 is 3.41. The second-order valence-electron chi connectivity index (χ2n) is 2.94. The smallest absolute Gasteiger partial charge is 0.166 e. The number of methoxy groups -OCH3 is 1. The third-order valence-corrected chi connectivity index (χ3v) is 4.32.